The Balaban J connectivity index is 1.68. The number of furan rings is 1. The Hall–Kier alpha value is -2.35. The van der Waals surface area contributed by atoms with Crippen LogP contribution in [0.2, 0.25) is 0 Å². The molecule has 170 valence electrons. The van der Waals surface area contributed by atoms with E-state index in [2.05, 4.69) is 4.98 Å². The molecule has 1 unspecified atom stereocenters. The first kappa shape index (κ1) is 23.3. The fraction of sp³-hybridized carbons (Fsp3) is 0.609. The topological polar surface area (TPSA) is 75.9 Å². The van der Waals surface area contributed by atoms with Gasteiger partial charge in [0.2, 0.25) is 0 Å². The Morgan fingerprint density at radius 2 is 2.13 bits per heavy atom. The highest BCUT2D eigenvalue weighted by atomic mass is 32.1. The Bertz CT molecular complexity index is 899. The maximum Gasteiger partial charge on any atom is 0.410 e. The van der Waals surface area contributed by atoms with Crippen molar-refractivity contribution in [3.8, 4) is 10.8 Å². The summed E-state index contributed by atoms with van der Waals surface area (Å²) in [5.74, 6) is 0.828. The Morgan fingerprint density at radius 3 is 2.74 bits per heavy atom. The second-order valence-electron chi connectivity index (χ2n) is 9.39. The molecular formula is C23H33N3O4S. The third kappa shape index (κ3) is 5.87. The van der Waals surface area contributed by atoms with Crippen LogP contribution in [0.4, 0.5) is 4.79 Å². The zero-order valence-corrected chi connectivity index (χ0v) is 20.1. The van der Waals surface area contributed by atoms with Crippen LogP contribution in [0.1, 0.15) is 62.8 Å². The quantitative estimate of drug-likeness (QED) is 0.629. The van der Waals surface area contributed by atoms with Gasteiger partial charge in [-0.1, -0.05) is 0 Å². The molecule has 0 N–H and O–H groups in total. The van der Waals surface area contributed by atoms with Gasteiger partial charge in [-0.25, -0.2) is 9.78 Å². The monoisotopic (exact) mass is 447 g/mol. The minimum Gasteiger partial charge on any atom is -0.462 e. The Morgan fingerprint density at radius 1 is 1.39 bits per heavy atom. The average molecular weight is 448 g/mol. The van der Waals surface area contributed by atoms with E-state index in [4.69, 9.17) is 9.15 Å². The number of carbonyl (C=O) groups is 2. The van der Waals surface area contributed by atoms with Crippen LogP contribution in [0, 0.1) is 12.8 Å². The van der Waals surface area contributed by atoms with Gasteiger partial charge in [-0.2, -0.15) is 0 Å². The first-order valence-corrected chi connectivity index (χ1v) is 11.7. The van der Waals surface area contributed by atoms with Crippen LogP contribution < -0.4 is 0 Å². The molecule has 0 saturated carbocycles. The van der Waals surface area contributed by atoms with Crippen LogP contribution in [0.15, 0.2) is 22.8 Å². The first-order valence-electron chi connectivity index (χ1n) is 10.9. The van der Waals surface area contributed by atoms with E-state index in [0.717, 1.165) is 22.7 Å². The predicted molar refractivity (Wildman–Crippen MR) is 121 cm³/mol. The lowest BCUT2D eigenvalue weighted by atomic mass is 9.96. The zero-order chi connectivity index (χ0) is 22.8. The standard InChI is InChI=1S/C23H33N3O4S/c1-15(2)26(22(28)30-23(4,5)6)14-17-9-7-11-25(13-17)21(27)19-16(3)31-20(24-19)18-10-8-12-29-18/h8,10,12,15,17H,7,9,11,13-14H2,1-6H3. The predicted octanol–water partition coefficient (Wildman–Crippen LogP) is 5.21. The summed E-state index contributed by atoms with van der Waals surface area (Å²) in [6, 6.07) is 3.69. The van der Waals surface area contributed by atoms with Gasteiger partial charge in [0.25, 0.3) is 5.91 Å². The van der Waals surface area contributed by atoms with E-state index < -0.39 is 5.60 Å². The van der Waals surface area contributed by atoms with E-state index in [1.54, 1.807) is 11.2 Å². The van der Waals surface area contributed by atoms with Crippen molar-refractivity contribution in [3.63, 3.8) is 0 Å². The average Bonchev–Trinajstić information content (AvgIpc) is 3.33. The molecule has 0 aliphatic carbocycles. The number of likely N-dealkylation sites (tertiary alicyclic amines) is 1. The lowest BCUT2D eigenvalue weighted by molar-refractivity contribution is 0.0123. The molecule has 2 aromatic rings. The molecule has 8 heteroatoms. The van der Waals surface area contributed by atoms with Gasteiger partial charge in [-0.05, 0) is 72.4 Å². The smallest absolute Gasteiger partial charge is 0.410 e. The van der Waals surface area contributed by atoms with E-state index >= 15 is 0 Å². The summed E-state index contributed by atoms with van der Waals surface area (Å²) < 4.78 is 11.0. The fourth-order valence-corrected chi connectivity index (χ4v) is 4.62. The maximum absolute atomic E-state index is 13.2. The molecule has 2 amide bonds. The van der Waals surface area contributed by atoms with Crippen LogP contribution in [0.25, 0.3) is 10.8 Å². The molecule has 0 radical (unpaired) electrons. The number of amides is 2. The molecule has 3 heterocycles. The molecule has 1 aliphatic heterocycles. The second kappa shape index (κ2) is 9.42. The molecule has 3 rings (SSSR count). The van der Waals surface area contributed by atoms with Crippen molar-refractivity contribution >= 4 is 23.3 Å². The highest BCUT2D eigenvalue weighted by Gasteiger charge is 2.31. The lowest BCUT2D eigenvalue weighted by Crippen LogP contribution is -2.48. The van der Waals surface area contributed by atoms with Crippen molar-refractivity contribution in [1.29, 1.82) is 0 Å². The number of rotatable bonds is 5. The largest absolute Gasteiger partial charge is 0.462 e. The molecule has 0 spiro atoms. The summed E-state index contributed by atoms with van der Waals surface area (Å²) in [5, 5.41) is 0.718. The summed E-state index contributed by atoms with van der Waals surface area (Å²) in [7, 11) is 0. The van der Waals surface area contributed by atoms with Gasteiger partial charge in [0.05, 0.1) is 6.26 Å². The van der Waals surface area contributed by atoms with Gasteiger partial charge >= 0.3 is 6.09 Å². The van der Waals surface area contributed by atoms with Crippen molar-refractivity contribution in [2.24, 2.45) is 5.92 Å². The minimum atomic E-state index is -0.535. The number of thiazole rings is 1. The van der Waals surface area contributed by atoms with Crippen molar-refractivity contribution in [1.82, 2.24) is 14.8 Å². The van der Waals surface area contributed by atoms with Gasteiger partial charge in [-0.3, -0.25) is 4.79 Å². The third-order valence-electron chi connectivity index (χ3n) is 5.24. The van der Waals surface area contributed by atoms with Gasteiger partial charge in [0.1, 0.15) is 11.3 Å². The number of piperidine rings is 1. The Kier molecular flexibility index (Phi) is 7.09. The van der Waals surface area contributed by atoms with Crippen LogP contribution in [-0.2, 0) is 4.74 Å². The van der Waals surface area contributed by atoms with Crippen molar-refractivity contribution in [3.05, 3.63) is 29.0 Å². The number of hydrogen-bond donors (Lipinski definition) is 0. The molecule has 1 fully saturated rings. The lowest BCUT2D eigenvalue weighted by Gasteiger charge is -2.37. The molecule has 1 saturated heterocycles. The van der Waals surface area contributed by atoms with Crippen LogP contribution in [-0.4, -0.2) is 58.1 Å². The molecule has 1 atom stereocenters. The molecule has 1 aliphatic rings. The Labute approximate surface area is 188 Å². The fourth-order valence-electron chi connectivity index (χ4n) is 3.74. The molecule has 7 nitrogen and oxygen atoms in total. The van der Waals surface area contributed by atoms with Gasteiger partial charge in [-0.15, -0.1) is 11.3 Å². The first-order chi connectivity index (χ1) is 14.5. The van der Waals surface area contributed by atoms with E-state index in [-0.39, 0.29) is 24.0 Å². The van der Waals surface area contributed by atoms with Gasteiger partial charge < -0.3 is 19.0 Å². The van der Waals surface area contributed by atoms with E-state index in [9.17, 15) is 9.59 Å². The summed E-state index contributed by atoms with van der Waals surface area (Å²) >= 11 is 1.47. The van der Waals surface area contributed by atoms with Crippen LogP contribution in [0.5, 0.6) is 0 Å². The molecule has 0 bridgehead atoms. The summed E-state index contributed by atoms with van der Waals surface area (Å²) in [6.07, 6.45) is 3.19. The minimum absolute atomic E-state index is 0.0255. The number of ether oxygens (including phenoxy) is 1. The maximum atomic E-state index is 13.2. The molecular weight excluding hydrogens is 414 g/mol. The molecule has 31 heavy (non-hydrogen) atoms. The number of aryl methyl sites for hydroxylation is 1. The number of carbonyl (C=O) groups excluding carboxylic acids is 2. The summed E-state index contributed by atoms with van der Waals surface area (Å²) in [4.78, 5) is 35.0. The SMILES string of the molecule is Cc1sc(-c2ccco2)nc1C(=O)N1CCCC(CN(C(=O)OC(C)(C)C)C(C)C)C1. The number of nitrogens with zero attached hydrogens (tertiary/aromatic N) is 3. The van der Waals surface area contributed by atoms with E-state index in [1.165, 1.54) is 11.3 Å². The number of hydrogen-bond acceptors (Lipinski definition) is 6. The van der Waals surface area contributed by atoms with Crippen LogP contribution >= 0.6 is 11.3 Å². The summed E-state index contributed by atoms with van der Waals surface area (Å²) in [5.41, 5.74) is -0.0444. The highest BCUT2D eigenvalue weighted by Crippen LogP contribution is 2.30. The third-order valence-corrected chi connectivity index (χ3v) is 6.23. The molecule has 2 aromatic heterocycles. The van der Waals surface area contributed by atoms with Crippen molar-refractivity contribution in [2.75, 3.05) is 19.6 Å². The zero-order valence-electron chi connectivity index (χ0n) is 19.3. The van der Waals surface area contributed by atoms with Crippen molar-refractivity contribution in [2.45, 2.75) is 66.0 Å². The van der Waals surface area contributed by atoms with Crippen molar-refractivity contribution < 1.29 is 18.7 Å². The van der Waals surface area contributed by atoms with Gasteiger partial charge in [0, 0.05) is 30.6 Å². The van der Waals surface area contributed by atoms with Gasteiger partial charge in [0.15, 0.2) is 10.8 Å². The normalized spacial score (nSPS) is 17.1. The van der Waals surface area contributed by atoms with E-state index in [0.29, 0.717) is 31.1 Å². The summed E-state index contributed by atoms with van der Waals surface area (Å²) in [6.45, 7) is 13.4. The highest BCUT2D eigenvalue weighted by molar-refractivity contribution is 7.15. The van der Waals surface area contributed by atoms with Crippen LogP contribution in [0.3, 0.4) is 0 Å². The number of aromatic nitrogens is 1. The van der Waals surface area contributed by atoms with E-state index in [1.807, 2.05) is 58.6 Å². The molecule has 0 aromatic carbocycles. The second-order valence-corrected chi connectivity index (χ2v) is 10.6.